The van der Waals surface area contributed by atoms with Crippen LogP contribution in [-0.2, 0) is 29.9 Å². The van der Waals surface area contributed by atoms with Crippen molar-refractivity contribution in [2.24, 2.45) is 17.8 Å². The van der Waals surface area contributed by atoms with Crippen LogP contribution in [0.15, 0.2) is 28.5 Å². The van der Waals surface area contributed by atoms with Crippen molar-refractivity contribution in [3.63, 3.8) is 0 Å². The Morgan fingerprint density at radius 1 is 1.05 bits per heavy atom. The number of carbonyl (C=O) groups is 1. The van der Waals surface area contributed by atoms with Crippen molar-refractivity contribution in [1.82, 2.24) is 4.98 Å². The molecule has 2 atom stereocenters. The summed E-state index contributed by atoms with van der Waals surface area (Å²) in [6.07, 6.45) is -6.31. The van der Waals surface area contributed by atoms with Crippen LogP contribution in [-0.4, -0.2) is 62.2 Å². The molecule has 238 valence electrons. The summed E-state index contributed by atoms with van der Waals surface area (Å²) in [5, 5.41) is 11.9. The Hall–Kier alpha value is -2.47. The first-order valence-corrected chi connectivity index (χ1v) is 15.7. The van der Waals surface area contributed by atoms with E-state index in [2.05, 4.69) is 10.3 Å². The van der Waals surface area contributed by atoms with Crippen LogP contribution in [0.3, 0.4) is 0 Å². The first-order valence-electron chi connectivity index (χ1n) is 13.4. The van der Waals surface area contributed by atoms with Crippen molar-refractivity contribution in [3.8, 4) is 0 Å². The van der Waals surface area contributed by atoms with Crippen LogP contribution in [0.2, 0.25) is 0 Å². The molecule has 0 radical (unpaired) electrons. The summed E-state index contributed by atoms with van der Waals surface area (Å²) in [4.78, 5) is 16.3. The molecule has 17 heteroatoms. The second kappa shape index (κ2) is 11.2. The van der Waals surface area contributed by atoms with E-state index in [0.29, 0.717) is 42.2 Å². The molecule has 1 aromatic carbocycles. The predicted octanol–water partition coefficient (Wildman–Crippen LogP) is 5.11. The number of hydrogen-bond donors (Lipinski definition) is 3. The minimum atomic E-state index is -6.08. The number of ether oxygens (including phenoxy) is 2. The third-order valence-electron chi connectivity index (χ3n) is 8.36. The summed E-state index contributed by atoms with van der Waals surface area (Å²) in [5.41, 5.74) is -7.14. The molecule has 43 heavy (non-hydrogen) atoms. The maximum absolute atomic E-state index is 13.1. The van der Waals surface area contributed by atoms with E-state index in [4.69, 9.17) is 9.47 Å². The van der Waals surface area contributed by atoms with Crippen molar-refractivity contribution >= 4 is 38.1 Å². The summed E-state index contributed by atoms with van der Waals surface area (Å²) in [7, 11) is -4.41. The van der Waals surface area contributed by atoms with E-state index in [1.165, 1.54) is 19.8 Å². The number of benzene rings is 1. The number of aryl methyl sites for hydroxylation is 1. The minimum absolute atomic E-state index is 0.0121. The summed E-state index contributed by atoms with van der Waals surface area (Å²) in [5.74, 6) is 1.69. The SMILES string of the molecule is Cc1nc(NC(=O)COCCOC23CC4CC(C2)C(C4)C3)sc1S(=O)(=O)Nc1ccc(C(O)(C(F)(F)F)C(F)(F)F)cc1. The molecule has 6 rings (SSSR count). The van der Waals surface area contributed by atoms with E-state index in [1.807, 2.05) is 4.72 Å². The average Bonchev–Trinajstić information content (AvgIpc) is 3.48. The Kier molecular flexibility index (Phi) is 8.29. The lowest BCUT2D eigenvalue weighted by molar-refractivity contribution is -0.376. The number of aromatic nitrogens is 1. The van der Waals surface area contributed by atoms with Gasteiger partial charge in [-0.15, -0.1) is 0 Å². The van der Waals surface area contributed by atoms with Gasteiger partial charge in [0.05, 0.1) is 24.5 Å². The van der Waals surface area contributed by atoms with Gasteiger partial charge in [-0.3, -0.25) is 14.8 Å². The second-order valence-corrected chi connectivity index (χ2v) is 14.3. The zero-order chi connectivity index (χ0) is 31.4. The van der Waals surface area contributed by atoms with E-state index in [1.54, 1.807) is 0 Å². The highest BCUT2D eigenvalue weighted by Crippen LogP contribution is 2.61. The van der Waals surface area contributed by atoms with Crippen molar-refractivity contribution in [3.05, 3.63) is 35.5 Å². The number of thiazole rings is 1. The Balaban J connectivity index is 1.13. The summed E-state index contributed by atoms with van der Waals surface area (Å²) in [6, 6.07) is 1.93. The average molecular weight is 658 g/mol. The molecule has 4 aliphatic rings. The van der Waals surface area contributed by atoms with Gasteiger partial charge in [0.25, 0.3) is 21.5 Å². The van der Waals surface area contributed by atoms with Crippen LogP contribution in [0.5, 0.6) is 0 Å². The molecule has 2 aromatic rings. The predicted molar refractivity (Wildman–Crippen MR) is 142 cm³/mol. The lowest BCUT2D eigenvalue weighted by Gasteiger charge is -2.38. The third kappa shape index (κ3) is 6.23. The zero-order valence-electron chi connectivity index (χ0n) is 22.7. The number of nitrogens with one attached hydrogen (secondary N) is 2. The molecule has 1 heterocycles. The van der Waals surface area contributed by atoms with Gasteiger partial charge < -0.3 is 14.6 Å². The number of halogens is 6. The molecular weight excluding hydrogens is 628 g/mol. The quantitative estimate of drug-likeness (QED) is 0.226. The zero-order valence-corrected chi connectivity index (χ0v) is 24.4. The largest absolute Gasteiger partial charge is 0.430 e. The Bertz CT molecular complexity index is 1430. The van der Waals surface area contributed by atoms with Gasteiger partial charge >= 0.3 is 12.4 Å². The van der Waals surface area contributed by atoms with Gasteiger partial charge in [0.2, 0.25) is 0 Å². The molecule has 0 saturated heterocycles. The Morgan fingerprint density at radius 3 is 2.21 bits per heavy atom. The highest BCUT2D eigenvalue weighted by atomic mass is 32.2. The number of rotatable bonds is 11. The van der Waals surface area contributed by atoms with Crippen molar-refractivity contribution in [2.45, 2.75) is 66.8 Å². The van der Waals surface area contributed by atoms with E-state index < -0.39 is 39.4 Å². The van der Waals surface area contributed by atoms with Crippen LogP contribution in [0.4, 0.5) is 37.2 Å². The number of carbonyl (C=O) groups excluding carboxylic acids is 1. The fraction of sp³-hybridized carbons (Fsp3) is 0.615. The molecule has 4 fully saturated rings. The van der Waals surface area contributed by atoms with E-state index >= 15 is 0 Å². The van der Waals surface area contributed by atoms with Gasteiger partial charge in [-0.1, -0.05) is 23.5 Å². The number of alkyl halides is 6. The van der Waals surface area contributed by atoms with E-state index in [-0.39, 0.29) is 39.5 Å². The van der Waals surface area contributed by atoms with E-state index in [0.717, 1.165) is 37.0 Å². The standard InChI is InChI=1S/C26H29F6N3O6S2/c1-14-21(43(38,39)35-19-4-2-18(3-5-19)24(37,25(27,28)29)26(30,31)32)42-22(33-14)34-20(36)13-40-6-7-41-23-10-15-8-16(11-23)17(9-15)12-23/h2-5,15-17,35,37H,6-13H2,1H3,(H,33,34,36). The number of nitrogens with zero attached hydrogens (tertiary/aromatic N) is 1. The summed E-state index contributed by atoms with van der Waals surface area (Å²) < 4.78 is 118. The Morgan fingerprint density at radius 2 is 1.65 bits per heavy atom. The fourth-order valence-corrected chi connectivity index (χ4v) is 9.19. The topological polar surface area (TPSA) is 127 Å². The monoisotopic (exact) mass is 657 g/mol. The van der Waals surface area contributed by atoms with Crippen molar-refractivity contribution in [2.75, 3.05) is 29.9 Å². The molecule has 0 aliphatic heterocycles. The van der Waals surface area contributed by atoms with Gasteiger partial charge in [-0.05, 0) is 68.9 Å². The van der Waals surface area contributed by atoms with Gasteiger partial charge in [0.1, 0.15) is 6.61 Å². The lowest BCUT2D eigenvalue weighted by Crippen LogP contribution is -2.53. The van der Waals surface area contributed by atoms with Crippen LogP contribution in [0.1, 0.15) is 43.4 Å². The minimum Gasteiger partial charge on any atom is -0.373 e. The highest BCUT2D eigenvalue weighted by molar-refractivity contribution is 7.94. The fourth-order valence-electron chi connectivity index (χ4n) is 6.70. The molecule has 4 saturated carbocycles. The normalized spacial score (nSPS) is 25.3. The lowest BCUT2D eigenvalue weighted by atomic mass is 9.78. The Labute approximate surface area is 247 Å². The van der Waals surface area contributed by atoms with E-state index in [9.17, 15) is 44.7 Å². The van der Waals surface area contributed by atoms with Crippen LogP contribution in [0, 0.1) is 24.7 Å². The van der Waals surface area contributed by atoms with Crippen molar-refractivity contribution in [1.29, 1.82) is 0 Å². The second-order valence-electron chi connectivity index (χ2n) is 11.4. The number of anilines is 2. The molecule has 4 bridgehead atoms. The summed E-state index contributed by atoms with van der Waals surface area (Å²) in [6.45, 7) is 1.58. The van der Waals surface area contributed by atoms with Crippen LogP contribution in [0.25, 0.3) is 0 Å². The smallest absolute Gasteiger partial charge is 0.373 e. The van der Waals surface area contributed by atoms with Crippen LogP contribution < -0.4 is 10.0 Å². The third-order valence-corrected chi connectivity index (χ3v) is 11.4. The van der Waals surface area contributed by atoms with Gasteiger partial charge in [-0.25, -0.2) is 13.4 Å². The highest BCUT2D eigenvalue weighted by Gasteiger charge is 2.71. The molecule has 1 amide bonds. The number of amides is 1. The van der Waals surface area contributed by atoms with Gasteiger partial charge in [-0.2, -0.15) is 26.3 Å². The number of aliphatic hydroxyl groups is 1. The molecule has 3 N–H and O–H groups in total. The molecule has 0 spiro atoms. The summed E-state index contributed by atoms with van der Waals surface area (Å²) >= 11 is 0.591. The van der Waals surface area contributed by atoms with Gasteiger partial charge in [0, 0.05) is 11.3 Å². The first kappa shape index (κ1) is 31.9. The molecule has 4 aliphatic carbocycles. The molecular formula is C26H29F6N3O6S2. The molecule has 9 nitrogen and oxygen atoms in total. The van der Waals surface area contributed by atoms with Crippen molar-refractivity contribution < 1.29 is 54.1 Å². The number of hydrogen-bond acceptors (Lipinski definition) is 8. The molecule has 1 aromatic heterocycles. The van der Waals surface area contributed by atoms with Gasteiger partial charge in [0.15, 0.2) is 9.34 Å². The maximum Gasteiger partial charge on any atom is 0.430 e. The molecule has 2 unspecified atom stereocenters. The maximum atomic E-state index is 13.1. The number of sulfonamides is 1. The first-order chi connectivity index (χ1) is 19.9. The van der Waals surface area contributed by atoms with Crippen LogP contribution >= 0.6 is 11.3 Å².